The molecule has 0 atom stereocenters. The average Bonchev–Trinajstić information content (AvgIpc) is 2.67. The summed E-state index contributed by atoms with van der Waals surface area (Å²) in [5.74, 6) is 0.0195. The number of ketones is 1. The summed E-state index contributed by atoms with van der Waals surface area (Å²) in [4.78, 5) is 12.8. The molecule has 0 saturated heterocycles. The van der Waals surface area contributed by atoms with Crippen LogP contribution in [0.25, 0.3) is 12.2 Å². The van der Waals surface area contributed by atoms with Gasteiger partial charge in [-0.15, -0.1) is 0 Å². The molecule has 0 spiro atoms. The van der Waals surface area contributed by atoms with Gasteiger partial charge in [0.2, 0.25) is 0 Å². The van der Waals surface area contributed by atoms with Gasteiger partial charge in [-0.25, -0.2) is 0 Å². The highest BCUT2D eigenvalue weighted by atomic mass is 19.3. The Labute approximate surface area is 165 Å². The molecule has 152 valence electrons. The number of benzene rings is 2. The predicted octanol–water partition coefficient (Wildman–Crippen LogP) is 6.11. The van der Waals surface area contributed by atoms with Crippen molar-refractivity contribution in [2.45, 2.75) is 32.5 Å². The fraction of sp³-hybridized carbons (Fsp3) is 0.227. The first-order valence-corrected chi connectivity index (χ1v) is 8.96. The number of rotatable bonds is 6. The van der Waals surface area contributed by atoms with Gasteiger partial charge in [0.25, 0.3) is 0 Å². The molecular weight excluding hydrogens is 388 g/mol. The van der Waals surface area contributed by atoms with E-state index in [9.17, 15) is 22.4 Å². The first kappa shape index (κ1) is 20.6. The molecule has 1 aliphatic rings. The summed E-state index contributed by atoms with van der Waals surface area (Å²) in [7, 11) is 0. The number of halogens is 4. The Balaban J connectivity index is 1.74. The maximum absolute atomic E-state index is 12.8. The first-order chi connectivity index (χ1) is 13.9. The molecule has 29 heavy (non-hydrogen) atoms. The molecular formula is C22H18F4O3. The SMILES string of the molecule is O=C1/C(=C\c2ccc(OC(F)F)cc2)CCC/C1=C\c1ccc(OC(F)F)cc1. The van der Waals surface area contributed by atoms with Crippen LogP contribution in [0.1, 0.15) is 30.4 Å². The normalized spacial score (nSPS) is 17.4. The summed E-state index contributed by atoms with van der Waals surface area (Å²) in [6.45, 7) is -5.77. The van der Waals surface area contributed by atoms with E-state index in [-0.39, 0.29) is 17.3 Å². The molecule has 1 fully saturated rings. The molecule has 0 unspecified atom stereocenters. The predicted molar refractivity (Wildman–Crippen MR) is 101 cm³/mol. The van der Waals surface area contributed by atoms with Gasteiger partial charge in [0, 0.05) is 11.1 Å². The van der Waals surface area contributed by atoms with Crippen molar-refractivity contribution in [1.29, 1.82) is 0 Å². The van der Waals surface area contributed by atoms with E-state index in [2.05, 4.69) is 9.47 Å². The zero-order valence-electron chi connectivity index (χ0n) is 15.3. The van der Waals surface area contributed by atoms with E-state index in [1.807, 2.05) is 0 Å². The van der Waals surface area contributed by atoms with Gasteiger partial charge in [-0.1, -0.05) is 24.3 Å². The van der Waals surface area contributed by atoms with Crippen molar-refractivity contribution in [2.24, 2.45) is 0 Å². The Morgan fingerprint density at radius 1 is 0.690 bits per heavy atom. The largest absolute Gasteiger partial charge is 0.435 e. The lowest BCUT2D eigenvalue weighted by atomic mass is 9.87. The maximum Gasteiger partial charge on any atom is 0.387 e. The summed E-state index contributed by atoms with van der Waals surface area (Å²) in [6, 6.07) is 12.1. The minimum atomic E-state index is -2.89. The van der Waals surface area contributed by atoms with Crippen LogP contribution in [0.15, 0.2) is 59.7 Å². The van der Waals surface area contributed by atoms with Crippen LogP contribution in [-0.2, 0) is 4.79 Å². The van der Waals surface area contributed by atoms with Gasteiger partial charge in [0.1, 0.15) is 11.5 Å². The van der Waals surface area contributed by atoms with E-state index in [1.165, 1.54) is 24.3 Å². The van der Waals surface area contributed by atoms with Gasteiger partial charge in [-0.2, -0.15) is 17.6 Å². The smallest absolute Gasteiger partial charge is 0.387 e. The Hall–Kier alpha value is -3.09. The number of hydrogen-bond donors (Lipinski definition) is 0. The molecule has 0 radical (unpaired) electrons. The van der Waals surface area contributed by atoms with Gasteiger partial charge in [-0.3, -0.25) is 4.79 Å². The minimum Gasteiger partial charge on any atom is -0.435 e. The van der Waals surface area contributed by atoms with Crippen molar-refractivity contribution in [1.82, 2.24) is 0 Å². The second-order valence-corrected chi connectivity index (χ2v) is 6.42. The summed E-state index contributed by atoms with van der Waals surface area (Å²) < 4.78 is 57.5. The van der Waals surface area contributed by atoms with Crippen LogP contribution in [0.5, 0.6) is 11.5 Å². The molecule has 0 bridgehead atoms. The second kappa shape index (κ2) is 9.41. The molecule has 0 heterocycles. The van der Waals surface area contributed by atoms with Gasteiger partial charge in [-0.05, 0) is 66.8 Å². The van der Waals surface area contributed by atoms with Crippen LogP contribution in [0, 0.1) is 0 Å². The maximum atomic E-state index is 12.8. The van der Waals surface area contributed by atoms with E-state index in [0.29, 0.717) is 35.1 Å². The van der Waals surface area contributed by atoms with Crippen LogP contribution in [0.3, 0.4) is 0 Å². The molecule has 0 aromatic heterocycles. The fourth-order valence-corrected chi connectivity index (χ4v) is 3.07. The highest BCUT2D eigenvalue weighted by molar-refractivity contribution is 6.13. The van der Waals surface area contributed by atoms with Crippen LogP contribution < -0.4 is 9.47 Å². The number of carbonyl (C=O) groups is 1. The third kappa shape index (κ3) is 5.94. The van der Waals surface area contributed by atoms with Crippen LogP contribution in [-0.4, -0.2) is 19.0 Å². The topological polar surface area (TPSA) is 35.5 Å². The van der Waals surface area contributed by atoms with Crippen molar-refractivity contribution in [3.05, 3.63) is 70.8 Å². The Morgan fingerprint density at radius 3 is 1.41 bits per heavy atom. The lowest BCUT2D eigenvalue weighted by Gasteiger charge is -2.17. The number of hydrogen-bond acceptors (Lipinski definition) is 3. The Morgan fingerprint density at radius 2 is 1.07 bits per heavy atom. The van der Waals surface area contributed by atoms with E-state index >= 15 is 0 Å². The number of Topliss-reactive ketones (excluding diaryl/α,β-unsaturated/α-hetero) is 1. The molecule has 1 saturated carbocycles. The van der Waals surface area contributed by atoms with Gasteiger partial charge in [0.15, 0.2) is 5.78 Å². The van der Waals surface area contributed by atoms with Crippen LogP contribution in [0.2, 0.25) is 0 Å². The third-order valence-corrected chi connectivity index (χ3v) is 4.37. The molecule has 1 aliphatic carbocycles. The Kier molecular flexibility index (Phi) is 6.69. The van der Waals surface area contributed by atoms with Crippen molar-refractivity contribution in [2.75, 3.05) is 0 Å². The van der Waals surface area contributed by atoms with Crippen molar-refractivity contribution >= 4 is 17.9 Å². The zero-order valence-corrected chi connectivity index (χ0v) is 15.3. The number of ether oxygens (including phenoxy) is 2. The van der Waals surface area contributed by atoms with Gasteiger partial charge >= 0.3 is 13.2 Å². The Bertz CT molecular complexity index is 827. The second-order valence-electron chi connectivity index (χ2n) is 6.42. The fourth-order valence-electron chi connectivity index (χ4n) is 3.07. The number of carbonyl (C=O) groups excluding carboxylic acids is 1. The lowest BCUT2D eigenvalue weighted by Crippen LogP contribution is -2.12. The average molecular weight is 406 g/mol. The van der Waals surface area contributed by atoms with Crippen LogP contribution >= 0.6 is 0 Å². The summed E-state index contributed by atoms with van der Waals surface area (Å²) in [5.41, 5.74) is 2.68. The van der Waals surface area contributed by atoms with Crippen molar-refractivity contribution in [3.8, 4) is 11.5 Å². The van der Waals surface area contributed by atoms with E-state index in [4.69, 9.17) is 0 Å². The molecule has 7 heteroatoms. The highest BCUT2D eigenvalue weighted by Crippen LogP contribution is 2.29. The molecule has 2 aromatic carbocycles. The zero-order chi connectivity index (χ0) is 20.8. The van der Waals surface area contributed by atoms with Crippen LogP contribution in [0.4, 0.5) is 17.6 Å². The molecule has 2 aromatic rings. The van der Waals surface area contributed by atoms with E-state index < -0.39 is 13.2 Å². The van der Waals surface area contributed by atoms with E-state index in [0.717, 1.165) is 6.42 Å². The molecule has 3 rings (SSSR count). The summed E-state index contributed by atoms with van der Waals surface area (Å²) in [6.07, 6.45) is 5.50. The standard InChI is InChI=1S/C22H18F4O3/c23-21(24)28-18-8-4-14(5-9-18)12-16-2-1-3-17(20(16)27)13-15-6-10-19(11-7-15)29-22(25)26/h4-13,21-22H,1-3H2/b16-12-,17-13+. The quantitative estimate of drug-likeness (QED) is 0.429. The molecule has 0 amide bonds. The lowest BCUT2D eigenvalue weighted by molar-refractivity contribution is -0.112. The molecule has 0 aliphatic heterocycles. The first-order valence-electron chi connectivity index (χ1n) is 8.96. The molecule has 0 N–H and O–H groups in total. The van der Waals surface area contributed by atoms with Crippen molar-refractivity contribution < 1.29 is 31.8 Å². The minimum absolute atomic E-state index is 0.0528. The van der Waals surface area contributed by atoms with E-state index in [1.54, 1.807) is 36.4 Å². The highest BCUT2D eigenvalue weighted by Gasteiger charge is 2.20. The van der Waals surface area contributed by atoms with Gasteiger partial charge < -0.3 is 9.47 Å². The molecule has 3 nitrogen and oxygen atoms in total. The summed E-state index contributed by atoms with van der Waals surface area (Å²) in [5, 5.41) is 0. The summed E-state index contributed by atoms with van der Waals surface area (Å²) >= 11 is 0. The van der Waals surface area contributed by atoms with Crippen molar-refractivity contribution in [3.63, 3.8) is 0 Å². The third-order valence-electron chi connectivity index (χ3n) is 4.37. The monoisotopic (exact) mass is 406 g/mol. The number of alkyl halides is 4. The van der Waals surface area contributed by atoms with Gasteiger partial charge in [0.05, 0.1) is 0 Å². The number of allylic oxidation sites excluding steroid dienone is 2.